The van der Waals surface area contributed by atoms with E-state index in [2.05, 4.69) is 17.9 Å². The SMILES string of the molecule is C=CCCCn1cc2ccc(N)cc2n1. The van der Waals surface area contributed by atoms with Gasteiger partial charge >= 0.3 is 0 Å². The molecule has 78 valence electrons. The molecular formula is C12H15N3. The second-order valence-corrected chi connectivity index (χ2v) is 3.64. The van der Waals surface area contributed by atoms with Crippen molar-refractivity contribution in [2.45, 2.75) is 19.4 Å². The van der Waals surface area contributed by atoms with Gasteiger partial charge < -0.3 is 5.73 Å². The van der Waals surface area contributed by atoms with Crippen LogP contribution in [0.2, 0.25) is 0 Å². The lowest BCUT2D eigenvalue weighted by molar-refractivity contribution is 0.589. The van der Waals surface area contributed by atoms with Gasteiger partial charge in [0, 0.05) is 23.8 Å². The van der Waals surface area contributed by atoms with Gasteiger partial charge in [-0.1, -0.05) is 6.08 Å². The van der Waals surface area contributed by atoms with Gasteiger partial charge in [0.2, 0.25) is 0 Å². The Bertz CT molecular complexity index is 471. The second-order valence-electron chi connectivity index (χ2n) is 3.64. The molecule has 0 spiro atoms. The largest absolute Gasteiger partial charge is 0.399 e. The first-order valence-electron chi connectivity index (χ1n) is 5.13. The van der Waals surface area contributed by atoms with Gasteiger partial charge in [0.15, 0.2) is 0 Å². The maximum absolute atomic E-state index is 5.69. The average molecular weight is 201 g/mol. The standard InChI is InChI=1S/C12H15N3/c1-2-3-4-7-15-9-10-5-6-11(13)8-12(10)14-15/h2,5-6,8-9H,1,3-4,7,13H2. The summed E-state index contributed by atoms with van der Waals surface area (Å²) in [5, 5.41) is 5.59. The number of nitrogens with zero attached hydrogens (tertiary/aromatic N) is 2. The maximum Gasteiger partial charge on any atom is 0.0943 e. The molecule has 2 rings (SSSR count). The fourth-order valence-corrected chi connectivity index (χ4v) is 1.60. The number of hydrogen-bond acceptors (Lipinski definition) is 2. The van der Waals surface area contributed by atoms with Gasteiger partial charge in [0.05, 0.1) is 5.52 Å². The molecule has 0 saturated carbocycles. The molecule has 2 N–H and O–H groups in total. The molecule has 0 aliphatic carbocycles. The first-order chi connectivity index (χ1) is 7.29. The van der Waals surface area contributed by atoms with Crippen LogP contribution in [0.15, 0.2) is 37.1 Å². The summed E-state index contributed by atoms with van der Waals surface area (Å²) in [6, 6.07) is 5.80. The van der Waals surface area contributed by atoms with Crippen LogP contribution in [0.5, 0.6) is 0 Å². The van der Waals surface area contributed by atoms with Crippen LogP contribution in [0.1, 0.15) is 12.8 Å². The van der Waals surface area contributed by atoms with Crippen molar-refractivity contribution >= 4 is 16.6 Å². The van der Waals surface area contributed by atoms with E-state index in [0.29, 0.717) is 0 Å². The number of unbranched alkanes of at least 4 members (excludes halogenated alkanes) is 1. The topological polar surface area (TPSA) is 43.8 Å². The number of nitrogen functional groups attached to an aromatic ring is 1. The summed E-state index contributed by atoms with van der Waals surface area (Å²) in [4.78, 5) is 0. The third-order valence-electron chi connectivity index (χ3n) is 2.37. The Hall–Kier alpha value is -1.77. The number of benzene rings is 1. The number of nitrogens with two attached hydrogens (primary N) is 1. The summed E-state index contributed by atoms with van der Waals surface area (Å²) in [6.07, 6.45) is 6.09. The number of allylic oxidation sites excluding steroid dienone is 1. The maximum atomic E-state index is 5.69. The molecule has 1 heterocycles. The number of fused-ring (bicyclic) bond motifs is 1. The van der Waals surface area contributed by atoms with Crippen molar-refractivity contribution in [1.29, 1.82) is 0 Å². The molecule has 0 saturated heterocycles. The second kappa shape index (κ2) is 4.17. The third kappa shape index (κ3) is 2.18. The Morgan fingerprint density at radius 3 is 3.13 bits per heavy atom. The fraction of sp³-hybridized carbons (Fsp3) is 0.250. The number of rotatable bonds is 4. The molecule has 0 amide bonds. The minimum atomic E-state index is 0.763. The van der Waals surface area contributed by atoms with E-state index in [4.69, 9.17) is 5.73 Å². The number of hydrogen-bond donors (Lipinski definition) is 1. The molecule has 3 heteroatoms. The number of aryl methyl sites for hydroxylation is 1. The first-order valence-corrected chi connectivity index (χ1v) is 5.13. The molecule has 15 heavy (non-hydrogen) atoms. The van der Waals surface area contributed by atoms with Crippen LogP contribution in [-0.2, 0) is 6.54 Å². The minimum absolute atomic E-state index is 0.763. The van der Waals surface area contributed by atoms with Crippen molar-refractivity contribution in [3.05, 3.63) is 37.1 Å². The molecule has 1 aromatic carbocycles. The molecule has 1 aromatic heterocycles. The zero-order valence-corrected chi connectivity index (χ0v) is 8.69. The van der Waals surface area contributed by atoms with Crippen molar-refractivity contribution in [1.82, 2.24) is 9.78 Å². The highest BCUT2D eigenvalue weighted by molar-refractivity contribution is 5.81. The van der Waals surface area contributed by atoms with Crippen molar-refractivity contribution in [3.8, 4) is 0 Å². The molecule has 2 aromatic rings. The zero-order valence-electron chi connectivity index (χ0n) is 8.69. The molecule has 0 unspecified atom stereocenters. The monoisotopic (exact) mass is 201 g/mol. The average Bonchev–Trinajstić information content (AvgIpc) is 2.60. The van der Waals surface area contributed by atoms with Crippen LogP contribution in [0.3, 0.4) is 0 Å². The van der Waals surface area contributed by atoms with Crippen molar-refractivity contribution in [2.24, 2.45) is 0 Å². The zero-order chi connectivity index (χ0) is 10.7. The lowest BCUT2D eigenvalue weighted by atomic mass is 10.2. The van der Waals surface area contributed by atoms with Crippen LogP contribution in [0, 0.1) is 0 Å². The predicted molar refractivity (Wildman–Crippen MR) is 63.6 cm³/mol. The molecule has 0 fully saturated rings. The Labute approximate surface area is 89.2 Å². The molecule has 0 radical (unpaired) electrons. The van der Waals surface area contributed by atoms with Crippen LogP contribution in [0.25, 0.3) is 10.9 Å². The van der Waals surface area contributed by atoms with E-state index < -0.39 is 0 Å². The normalized spacial score (nSPS) is 10.7. The Balaban J connectivity index is 2.19. The summed E-state index contributed by atoms with van der Waals surface area (Å²) in [7, 11) is 0. The molecule has 0 aliphatic heterocycles. The van der Waals surface area contributed by atoms with Gasteiger partial charge in [-0.05, 0) is 31.0 Å². The highest BCUT2D eigenvalue weighted by Crippen LogP contribution is 2.15. The summed E-state index contributed by atoms with van der Waals surface area (Å²) in [5.41, 5.74) is 7.42. The van der Waals surface area contributed by atoms with Gasteiger partial charge in [-0.3, -0.25) is 4.68 Å². The first kappa shape index (κ1) is 9.77. The molecule has 3 nitrogen and oxygen atoms in total. The molecular weight excluding hydrogens is 186 g/mol. The van der Waals surface area contributed by atoms with Crippen LogP contribution < -0.4 is 5.73 Å². The summed E-state index contributed by atoms with van der Waals surface area (Å²) >= 11 is 0. The highest BCUT2D eigenvalue weighted by atomic mass is 15.3. The van der Waals surface area contributed by atoms with Crippen LogP contribution in [0.4, 0.5) is 5.69 Å². The third-order valence-corrected chi connectivity index (χ3v) is 2.37. The highest BCUT2D eigenvalue weighted by Gasteiger charge is 1.99. The van der Waals surface area contributed by atoms with Gasteiger partial charge in [-0.15, -0.1) is 6.58 Å². The van der Waals surface area contributed by atoms with Gasteiger partial charge in [0.25, 0.3) is 0 Å². The van der Waals surface area contributed by atoms with E-state index in [0.717, 1.165) is 36.0 Å². The smallest absolute Gasteiger partial charge is 0.0943 e. The predicted octanol–water partition coefficient (Wildman–Crippen LogP) is 2.58. The quantitative estimate of drug-likeness (QED) is 0.469. The van der Waals surface area contributed by atoms with E-state index in [1.807, 2.05) is 29.0 Å². The van der Waals surface area contributed by atoms with Crippen molar-refractivity contribution in [2.75, 3.05) is 5.73 Å². The molecule has 0 aliphatic rings. The van der Waals surface area contributed by atoms with Crippen LogP contribution in [-0.4, -0.2) is 9.78 Å². The lowest BCUT2D eigenvalue weighted by Gasteiger charge is -1.97. The minimum Gasteiger partial charge on any atom is -0.399 e. The van der Waals surface area contributed by atoms with Crippen molar-refractivity contribution < 1.29 is 0 Å². The van der Waals surface area contributed by atoms with Crippen molar-refractivity contribution in [3.63, 3.8) is 0 Å². The Morgan fingerprint density at radius 2 is 2.33 bits per heavy atom. The van der Waals surface area contributed by atoms with E-state index in [9.17, 15) is 0 Å². The Morgan fingerprint density at radius 1 is 1.47 bits per heavy atom. The van der Waals surface area contributed by atoms with Crippen LogP contribution >= 0.6 is 0 Å². The van der Waals surface area contributed by atoms with E-state index >= 15 is 0 Å². The van der Waals surface area contributed by atoms with Gasteiger partial charge in [-0.2, -0.15) is 5.10 Å². The lowest BCUT2D eigenvalue weighted by Crippen LogP contribution is -1.97. The van der Waals surface area contributed by atoms with E-state index in [1.165, 1.54) is 0 Å². The van der Waals surface area contributed by atoms with E-state index in [1.54, 1.807) is 0 Å². The van der Waals surface area contributed by atoms with Gasteiger partial charge in [-0.25, -0.2) is 0 Å². The number of anilines is 1. The molecule has 0 atom stereocenters. The molecule has 0 bridgehead atoms. The summed E-state index contributed by atoms with van der Waals surface area (Å²) < 4.78 is 1.97. The van der Waals surface area contributed by atoms with E-state index in [-0.39, 0.29) is 0 Å². The van der Waals surface area contributed by atoms with Gasteiger partial charge in [0.1, 0.15) is 0 Å². The summed E-state index contributed by atoms with van der Waals surface area (Å²) in [5.74, 6) is 0. The number of aromatic nitrogens is 2. The Kier molecular flexibility index (Phi) is 2.72. The summed E-state index contributed by atoms with van der Waals surface area (Å²) in [6.45, 7) is 4.63. The fourth-order valence-electron chi connectivity index (χ4n) is 1.60.